The molecule has 0 aliphatic rings. The lowest BCUT2D eigenvalue weighted by Gasteiger charge is -2.17. The summed E-state index contributed by atoms with van der Waals surface area (Å²) >= 11 is 0. The normalized spacial score (nSPS) is 12.1. The Hall–Kier alpha value is -1.55. The third-order valence-corrected chi connectivity index (χ3v) is 6.07. The molecule has 0 heterocycles. The van der Waals surface area contributed by atoms with Crippen LogP contribution in [0.15, 0.2) is 24.3 Å². The van der Waals surface area contributed by atoms with E-state index in [-0.39, 0.29) is 0 Å². The molecule has 0 amide bonds. The highest BCUT2D eigenvalue weighted by molar-refractivity contribution is 5.66. The minimum absolute atomic E-state index is 0.306. The molecule has 4 heteroatoms. The largest absolute Gasteiger partial charge is 0.497 e. The highest BCUT2D eigenvalue weighted by Gasteiger charge is 2.09. The van der Waals surface area contributed by atoms with Crippen LogP contribution >= 0.6 is 0 Å². The summed E-state index contributed by atoms with van der Waals surface area (Å²) in [6.45, 7) is 3.73. The van der Waals surface area contributed by atoms with Gasteiger partial charge in [0.1, 0.15) is 5.75 Å². The number of carboxylic acids is 1. The van der Waals surface area contributed by atoms with Crippen molar-refractivity contribution in [2.24, 2.45) is 5.92 Å². The van der Waals surface area contributed by atoms with Crippen LogP contribution in [0, 0.1) is 5.92 Å². The van der Waals surface area contributed by atoms with Gasteiger partial charge in [0.2, 0.25) is 0 Å². The fourth-order valence-corrected chi connectivity index (χ4v) is 4.05. The van der Waals surface area contributed by atoms with Gasteiger partial charge in [-0.2, -0.15) is 0 Å². The number of aliphatic carboxylic acids is 1. The van der Waals surface area contributed by atoms with Crippen molar-refractivity contribution in [3.63, 3.8) is 0 Å². The average Bonchev–Trinajstić information content (AvgIpc) is 2.77. The van der Waals surface area contributed by atoms with Crippen molar-refractivity contribution in [3.05, 3.63) is 29.8 Å². The molecule has 0 fully saturated rings. The molecule has 1 N–H and O–H groups in total. The number of hydrogen-bond donors (Lipinski definition) is 1. The predicted molar refractivity (Wildman–Crippen MR) is 129 cm³/mol. The molecule has 0 aromatic heterocycles. The van der Waals surface area contributed by atoms with Crippen molar-refractivity contribution >= 4 is 5.97 Å². The van der Waals surface area contributed by atoms with E-state index in [1.54, 1.807) is 7.11 Å². The number of hydrogen-bond acceptors (Lipinski definition) is 3. The Morgan fingerprint density at radius 2 is 1.42 bits per heavy atom. The molecule has 1 aromatic rings. The molecule has 0 aliphatic heterocycles. The van der Waals surface area contributed by atoms with Gasteiger partial charge in [-0.15, -0.1) is 0 Å². The van der Waals surface area contributed by atoms with Crippen LogP contribution in [-0.2, 0) is 16.1 Å². The Morgan fingerprint density at radius 1 is 0.839 bits per heavy atom. The quantitative estimate of drug-likeness (QED) is 0.201. The van der Waals surface area contributed by atoms with Crippen LogP contribution in [0.5, 0.6) is 5.75 Å². The van der Waals surface area contributed by atoms with E-state index in [1.165, 1.54) is 69.8 Å². The van der Waals surface area contributed by atoms with Crippen LogP contribution in [0.2, 0.25) is 0 Å². The van der Waals surface area contributed by atoms with Gasteiger partial charge in [0.05, 0.1) is 13.7 Å². The molecular formula is C27H46O4. The topological polar surface area (TPSA) is 55.8 Å². The molecule has 0 saturated carbocycles. The summed E-state index contributed by atoms with van der Waals surface area (Å²) in [5, 5.41) is 8.76. The van der Waals surface area contributed by atoms with Gasteiger partial charge in [-0.1, -0.05) is 96.1 Å². The molecule has 1 atom stereocenters. The minimum Gasteiger partial charge on any atom is -0.497 e. The van der Waals surface area contributed by atoms with E-state index in [2.05, 4.69) is 19.1 Å². The molecular weight excluding hydrogens is 388 g/mol. The lowest BCUT2D eigenvalue weighted by molar-refractivity contribution is -0.137. The summed E-state index contributed by atoms with van der Waals surface area (Å²) < 4.78 is 11.2. The van der Waals surface area contributed by atoms with Crippen molar-refractivity contribution in [2.75, 3.05) is 13.7 Å². The molecule has 0 bridgehead atoms. The van der Waals surface area contributed by atoms with E-state index in [0.29, 0.717) is 13.0 Å². The van der Waals surface area contributed by atoms with E-state index in [4.69, 9.17) is 14.6 Å². The van der Waals surface area contributed by atoms with E-state index in [1.807, 2.05) is 12.1 Å². The molecule has 4 nitrogen and oxygen atoms in total. The third-order valence-electron chi connectivity index (χ3n) is 6.07. The molecule has 1 aromatic carbocycles. The second-order valence-corrected chi connectivity index (χ2v) is 8.81. The van der Waals surface area contributed by atoms with Crippen LogP contribution in [0.4, 0.5) is 0 Å². The van der Waals surface area contributed by atoms with E-state index < -0.39 is 5.97 Å². The Kier molecular flexibility index (Phi) is 17.0. The molecule has 0 saturated heterocycles. The summed E-state index contributed by atoms with van der Waals surface area (Å²) in [6.07, 6.45) is 17.7. The standard InChI is InChI=1S/C27H46O4/c1-3-4-5-6-7-8-11-14-24(15-12-9-10-13-16-27(28)29)21-22-31-23-25-17-19-26(30-2)20-18-25/h17-20,24H,3-16,21-23H2,1-2H3,(H,28,29). The summed E-state index contributed by atoms with van der Waals surface area (Å²) in [5.41, 5.74) is 1.18. The second-order valence-electron chi connectivity index (χ2n) is 8.81. The van der Waals surface area contributed by atoms with Gasteiger partial charge in [-0.25, -0.2) is 0 Å². The zero-order chi connectivity index (χ0) is 22.6. The fraction of sp³-hybridized carbons (Fsp3) is 0.741. The zero-order valence-corrected chi connectivity index (χ0v) is 20.1. The fourth-order valence-electron chi connectivity index (χ4n) is 4.05. The Bertz CT molecular complexity index is 541. The summed E-state index contributed by atoms with van der Waals surface area (Å²) in [7, 11) is 1.68. The van der Waals surface area contributed by atoms with Gasteiger partial charge < -0.3 is 14.6 Å². The second kappa shape index (κ2) is 19.2. The molecule has 31 heavy (non-hydrogen) atoms. The van der Waals surface area contributed by atoms with Crippen LogP contribution in [0.25, 0.3) is 0 Å². The third kappa shape index (κ3) is 15.8. The Morgan fingerprint density at radius 3 is 2.00 bits per heavy atom. The van der Waals surface area contributed by atoms with E-state index >= 15 is 0 Å². The zero-order valence-electron chi connectivity index (χ0n) is 20.1. The van der Waals surface area contributed by atoms with Gasteiger partial charge in [-0.3, -0.25) is 4.79 Å². The lowest BCUT2D eigenvalue weighted by Crippen LogP contribution is -2.06. The number of benzene rings is 1. The first-order chi connectivity index (χ1) is 15.2. The maximum Gasteiger partial charge on any atom is 0.303 e. The van der Waals surface area contributed by atoms with E-state index in [0.717, 1.165) is 44.0 Å². The number of rotatable bonds is 21. The van der Waals surface area contributed by atoms with Crippen molar-refractivity contribution in [3.8, 4) is 5.75 Å². The molecule has 0 radical (unpaired) electrons. The van der Waals surface area contributed by atoms with Gasteiger partial charge in [0.15, 0.2) is 0 Å². The molecule has 0 aliphatic carbocycles. The number of carbonyl (C=O) groups is 1. The highest BCUT2D eigenvalue weighted by Crippen LogP contribution is 2.22. The molecule has 1 rings (SSSR count). The highest BCUT2D eigenvalue weighted by atomic mass is 16.5. The SMILES string of the molecule is CCCCCCCCCC(CCCCCCC(=O)O)CCOCc1ccc(OC)cc1. The Balaban J connectivity index is 2.24. The predicted octanol–water partition coefficient (Wildman–Crippen LogP) is 7.78. The van der Waals surface area contributed by atoms with Crippen LogP contribution < -0.4 is 4.74 Å². The number of carboxylic acid groups (broad SMARTS) is 1. The van der Waals surface area contributed by atoms with Gasteiger partial charge in [-0.05, 0) is 36.5 Å². The van der Waals surface area contributed by atoms with Crippen molar-refractivity contribution in [1.82, 2.24) is 0 Å². The molecule has 1 unspecified atom stereocenters. The van der Waals surface area contributed by atoms with Gasteiger partial charge >= 0.3 is 5.97 Å². The van der Waals surface area contributed by atoms with E-state index in [9.17, 15) is 4.79 Å². The average molecular weight is 435 g/mol. The van der Waals surface area contributed by atoms with Crippen LogP contribution in [0.3, 0.4) is 0 Å². The number of ether oxygens (including phenoxy) is 2. The molecule has 0 spiro atoms. The first-order valence-corrected chi connectivity index (χ1v) is 12.6. The maximum absolute atomic E-state index is 10.6. The minimum atomic E-state index is -0.675. The maximum atomic E-state index is 10.6. The number of methoxy groups -OCH3 is 1. The van der Waals surface area contributed by atoms with Gasteiger partial charge in [0.25, 0.3) is 0 Å². The molecule has 178 valence electrons. The lowest BCUT2D eigenvalue weighted by atomic mass is 9.92. The summed E-state index contributed by atoms with van der Waals surface area (Å²) in [6, 6.07) is 8.08. The van der Waals surface area contributed by atoms with Gasteiger partial charge in [0, 0.05) is 13.0 Å². The van der Waals surface area contributed by atoms with Crippen molar-refractivity contribution in [2.45, 2.75) is 110 Å². The monoisotopic (exact) mass is 434 g/mol. The number of unbranched alkanes of at least 4 members (excludes halogenated alkanes) is 9. The first-order valence-electron chi connectivity index (χ1n) is 12.6. The summed E-state index contributed by atoms with van der Waals surface area (Å²) in [4.78, 5) is 10.6. The van der Waals surface area contributed by atoms with Crippen molar-refractivity contribution in [1.29, 1.82) is 0 Å². The first kappa shape index (κ1) is 27.5. The van der Waals surface area contributed by atoms with Crippen LogP contribution in [-0.4, -0.2) is 24.8 Å². The smallest absolute Gasteiger partial charge is 0.303 e. The van der Waals surface area contributed by atoms with Crippen molar-refractivity contribution < 1.29 is 19.4 Å². The Labute approximate surface area is 190 Å². The van der Waals surface area contributed by atoms with Crippen LogP contribution in [0.1, 0.15) is 109 Å². The summed E-state index contributed by atoms with van der Waals surface area (Å²) in [5.74, 6) is 0.929.